The summed E-state index contributed by atoms with van der Waals surface area (Å²) in [5, 5.41) is 1.28. The Hall–Kier alpha value is 0.557. The molecular weight excluding hydrogens is 107 g/mol. The van der Waals surface area contributed by atoms with Crippen LogP contribution in [0.4, 0.5) is 0 Å². The maximum absolute atomic E-state index is 5.34. The number of rotatable bonds is 5. The van der Waals surface area contributed by atoms with Crippen molar-refractivity contribution in [3.05, 3.63) is 0 Å². The van der Waals surface area contributed by atoms with Gasteiger partial charge in [0.25, 0.3) is 0 Å². The van der Waals surface area contributed by atoms with E-state index in [1.54, 1.807) is 0 Å². The molecule has 0 heterocycles. The molecule has 0 fully saturated rings. The van der Waals surface area contributed by atoms with Crippen molar-refractivity contribution >= 4 is 17.7 Å². The molecule has 0 saturated carbocycles. The van der Waals surface area contributed by atoms with E-state index in [9.17, 15) is 0 Å². The molecular formula is C7H15LiO. The standard InChI is InChI=1S/C7H15O.Li/c1-4-5-6-8-7(2)3;/h7H,1,4-6H2,2-3H3;. The maximum atomic E-state index is 5.34. The first-order valence-electron chi connectivity index (χ1n) is 3.89. The Morgan fingerprint density at radius 3 is 2.44 bits per heavy atom. The zero-order chi connectivity index (χ0) is 7.11. The predicted molar refractivity (Wildman–Crippen MR) is 40.9 cm³/mol. The van der Waals surface area contributed by atoms with Crippen LogP contribution in [-0.2, 0) is 4.74 Å². The molecule has 0 saturated heterocycles. The van der Waals surface area contributed by atoms with Gasteiger partial charge in [-0.25, -0.2) is 0 Å². The molecule has 0 unspecified atom stereocenters. The van der Waals surface area contributed by atoms with E-state index in [2.05, 4.69) is 31.6 Å². The second-order valence-electron chi connectivity index (χ2n) is 2.63. The van der Waals surface area contributed by atoms with Crippen LogP contribution in [0, 0.1) is 0 Å². The number of unbranched alkanes of at least 4 members (excludes halogenated alkanes) is 1. The van der Waals surface area contributed by atoms with Crippen molar-refractivity contribution in [1.82, 2.24) is 0 Å². The molecule has 0 atom stereocenters. The van der Waals surface area contributed by atoms with Crippen molar-refractivity contribution in [3.63, 3.8) is 0 Å². The second kappa shape index (κ2) is 6.67. The van der Waals surface area contributed by atoms with Crippen LogP contribution in [-0.4, -0.2) is 30.4 Å². The third-order valence-corrected chi connectivity index (χ3v) is 1.20. The molecule has 2 heteroatoms. The molecule has 0 rings (SSSR count). The van der Waals surface area contributed by atoms with Crippen molar-refractivity contribution < 1.29 is 4.74 Å². The van der Waals surface area contributed by atoms with Crippen LogP contribution in [0.1, 0.15) is 26.7 Å². The van der Waals surface area contributed by atoms with E-state index in [0.29, 0.717) is 6.10 Å². The molecule has 0 aromatic carbocycles. The minimum absolute atomic E-state index is 0.404. The number of hydrogen-bond donors (Lipinski definition) is 0. The summed E-state index contributed by atoms with van der Waals surface area (Å²) in [6.07, 6.45) is 2.92. The van der Waals surface area contributed by atoms with Crippen LogP contribution in [0.25, 0.3) is 0 Å². The molecule has 0 amide bonds. The number of hydrogen-bond acceptors (Lipinski definition) is 1. The Kier molecular flexibility index (Phi) is 7.09. The van der Waals surface area contributed by atoms with Gasteiger partial charge in [-0.05, 0) is 0 Å². The Morgan fingerprint density at radius 1 is 1.33 bits per heavy atom. The van der Waals surface area contributed by atoms with Gasteiger partial charge in [0.2, 0.25) is 0 Å². The summed E-state index contributed by atoms with van der Waals surface area (Å²) in [5.41, 5.74) is 0. The normalized spacial score (nSPS) is 10.8. The van der Waals surface area contributed by atoms with Crippen LogP contribution in [0.3, 0.4) is 0 Å². The third-order valence-electron chi connectivity index (χ3n) is 1.20. The fraction of sp³-hybridized carbons (Fsp3) is 1.00. The summed E-state index contributed by atoms with van der Waals surface area (Å²) < 4.78 is 5.34. The van der Waals surface area contributed by atoms with E-state index >= 15 is 0 Å². The van der Waals surface area contributed by atoms with Crippen LogP contribution in [0.5, 0.6) is 0 Å². The zero-order valence-electron chi connectivity index (χ0n) is 6.81. The van der Waals surface area contributed by atoms with Gasteiger partial charge in [-0.1, -0.05) is 0 Å². The van der Waals surface area contributed by atoms with Gasteiger partial charge in [-0.2, -0.15) is 0 Å². The summed E-state index contributed by atoms with van der Waals surface area (Å²) >= 11 is 2.20. The van der Waals surface area contributed by atoms with Crippen molar-refractivity contribution in [2.75, 3.05) is 6.61 Å². The van der Waals surface area contributed by atoms with Gasteiger partial charge in [-0.15, -0.1) is 0 Å². The van der Waals surface area contributed by atoms with Crippen molar-refractivity contribution in [3.8, 4) is 0 Å². The Morgan fingerprint density at radius 2 is 2.00 bits per heavy atom. The molecule has 0 aliphatic rings. The van der Waals surface area contributed by atoms with E-state index in [1.165, 1.54) is 17.9 Å². The molecule has 0 spiro atoms. The Balaban J connectivity index is 2.75. The van der Waals surface area contributed by atoms with Crippen LogP contribution < -0.4 is 0 Å². The van der Waals surface area contributed by atoms with Crippen molar-refractivity contribution in [1.29, 1.82) is 0 Å². The topological polar surface area (TPSA) is 9.23 Å². The summed E-state index contributed by atoms with van der Waals surface area (Å²) in [6, 6.07) is 0. The molecule has 1 nitrogen and oxygen atoms in total. The van der Waals surface area contributed by atoms with Crippen LogP contribution in [0.15, 0.2) is 0 Å². The van der Waals surface area contributed by atoms with E-state index in [1.807, 2.05) is 0 Å². The molecule has 0 aliphatic heterocycles. The predicted octanol–water partition coefficient (Wildman–Crippen LogP) is 1.78. The molecule has 50 valence electrons. The van der Waals surface area contributed by atoms with Gasteiger partial charge >= 0.3 is 66.9 Å². The van der Waals surface area contributed by atoms with E-state index < -0.39 is 0 Å². The summed E-state index contributed by atoms with van der Waals surface area (Å²) in [4.78, 5) is 0. The van der Waals surface area contributed by atoms with E-state index in [4.69, 9.17) is 4.74 Å². The number of ether oxygens (including phenoxy) is 1. The monoisotopic (exact) mass is 122 g/mol. The Labute approximate surface area is 67.4 Å². The third kappa shape index (κ3) is 8.56. The fourth-order valence-corrected chi connectivity index (χ4v) is 0.671. The van der Waals surface area contributed by atoms with E-state index in [0.717, 1.165) is 6.61 Å². The minimum atomic E-state index is 0.404. The van der Waals surface area contributed by atoms with E-state index in [-0.39, 0.29) is 0 Å². The fourth-order valence-electron chi connectivity index (χ4n) is 0.671. The van der Waals surface area contributed by atoms with Crippen LogP contribution >= 0.6 is 0 Å². The second-order valence-corrected chi connectivity index (χ2v) is 2.63. The molecule has 0 radical (unpaired) electrons. The zero-order valence-corrected chi connectivity index (χ0v) is 6.81. The molecule has 0 bridgehead atoms. The van der Waals surface area contributed by atoms with Gasteiger partial charge < -0.3 is 0 Å². The summed E-state index contributed by atoms with van der Waals surface area (Å²) in [5.74, 6) is 0. The SMILES string of the molecule is [Li][CH2]CCCOC(C)C. The average molecular weight is 122 g/mol. The van der Waals surface area contributed by atoms with Gasteiger partial charge in [0.1, 0.15) is 0 Å². The summed E-state index contributed by atoms with van der Waals surface area (Å²) in [7, 11) is 0. The first-order chi connectivity index (χ1) is 4.27. The molecule has 0 N–H and O–H groups in total. The van der Waals surface area contributed by atoms with Gasteiger partial charge in [0.15, 0.2) is 0 Å². The first kappa shape index (κ1) is 9.56. The quantitative estimate of drug-likeness (QED) is 0.399. The molecule has 0 aliphatic carbocycles. The molecule has 9 heavy (non-hydrogen) atoms. The molecule has 0 aromatic rings. The molecule has 0 aromatic heterocycles. The van der Waals surface area contributed by atoms with Gasteiger partial charge in [-0.3, -0.25) is 0 Å². The average Bonchev–Trinajstić information content (AvgIpc) is 1.80. The van der Waals surface area contributed by atoms with Crippen LogP contribution in [0.2, 0.25) is 5.09 Å². The Bertz CT molecular complexity index is 54.9. The van der Waals surface area contributed by atoms with Gasteiger partial charge in [0, 0.05) is 0 Å². The van der Waals surface area contributed by atoms with Crippen molar-refractivity contribution in [2.45, 2.75) is 37.9 Å². The summed E-state index contributed by atoms with van der Waals surface area (Å²) in [6.45, 7) is 5.09. The van der Waals surface area contributed by atoms with Gasteiger partial charge in [0.05, 0.1) is 0 Å². The van der Waals surface area contributed by atoms with Crippen molar-refractivity contribution in [2.24, 2.45) is 0 Å². The first-order valence-corrected chi connectivity index (χ1v) is 3.89.